The topological polar surface area (TPSA) is 42.4 Å². The van der Waals surface area contributed by atoms with Crippen LogP contribution in [0, 0.1) is 12.8 Å². The Kier molecular flexibility index (Phi) is 4.08. The van der Waals surface area contributed by atoms with Crippen LogP contribution < -0.4 is 0 Å². The maximum absolute atomic E-state index is 12.7. The van der Waals surface area contributed by atoms with Gasteiger partial charge < -0.3 is 9.64 Å². The van der Waals surface area contributed by atoms with E-state index in [1.165, 1.54) is 6.42 Å². The second kappa shape index (κ2) is 5.82. The van der Waals surface area contributed by atoms with Crippen LogP contribution in [0.4, 0.5) is 0 Å². The van der Waals surface area contributed by atoms with Crippen LogP contribution in [0.2, 0.25) is 0 Å². The molecule has 0 spiro atoms. The number of ether oxygens (including phenoxy) is 1. The van der Waals surface area contributed by atoms with Gasteiger partial charge in [-0.1, -0.05) is 0 Å². The number of rotatable bonds is 4. The van der Waals surface area contributed by atoms with Crippen LogP contribution in [0.5, 0.6) is 0 Å². The van der Waals surface area contributed by atoms with Gasteiger partial charge in [-0.15, -0.1) is 11.3 Å². The number of carbonyl (C=O) groups excluding carboxylic acids is 1. The van der Waals surface area contributed by atoms with Crippen molar-refractivity contribution < 1.29 is 9.53 Å². The molecule has 2 fully saturated rings. The second-order valence-electron chi connectivity index (χ2n) is 5.71. The minimum absolute atomic E-state index is 0.0941. The largest absolute Gasteiger partial charge is 0.378 e. The predicted octanol–water partition coefficient (Wildman–Crippen LogP) is 2.93. The molecule has 0 aromatic carbocycles. The smallest absolute Gasteiger partial charge is 0.229 e. The molecule has 1 saturated heterocycles. The fourth-order valence-electron chi connectivity index (χ4n) is 3.02. The summed E-state index contributed by atoms with van der Waals surface area (Å²) in [4.78, 5) is 19.3. The highest BCUT2D eigenvalue weighted by Gasteiger charge is 2.47. The van der Waals surface area contributed by atoms with E-state index in [9.17, 15) is 4.79 Å². The lowest BCUT2D eigenvalue weighted by molar-refractivity contribution is -0.137. The summed E-state index contributed by atoms with van der Waals surface area (Å²) >= 11 is 1.68. The van der Waals surface area contributed by atoms with E-state index >= 15 is 0 Å². The Morgan fingerprint density at radius 3 is 3.10 bits per heavy atom. The van der Waals surface area contributed by atoms with Gasteiger partial charge in [0.25, 0.3) is 0 Å². The number of hydrogen-bond acceptors (Lipinski definition) is 4. The highest BCUT2D eigenvalue weighted by atomic mass is 32.1. The molecule has 0 radical (unpaired) electrons. The average Bonchev–Trinajstić information content (AvgIpc) is 3.09. The van der Waals surface area contributed by atoms with Crippen LogP contribution in [-0.2, 0) is 9.53 Å². The molecular formula is C15H22N2O2S. The molecule has 110 valence electrons. The maximum atomic E-state index is 12.7. The number of carbonyl (C=O) groups is 1. The molecule has 3 rings (SSSR count). The average molecular weight is 294 g/mol. The first-order valence-corrected chi connectivity index (χ1v) is 8.42. The Morgan fingerprint density at radius 1 is 1.55 bits per heavy atom. The summed E-state index contributed by atoms with van der Waals surface area (Å²) in [5.41, 5.74) is 1.06. The van der Waals surface area contributed by atoms with Crippen LogP contribution in [0.15, 0.2) is 5.38 Å². The molecule has 2 heterocycles. The van der Waals surface area contributed by atoms with Crippen LogP contribution in [-0.4, -0.2) is 35.0 Å². The molecule has 20 heavy (non-hydrogen) atoms. The van der Waals surface area contributed by atoms with Gasteiger partial charge in [0, 0.05) is 24.2 Å². The summed E-state index contributed by atoms with van der Waals surface area (Å²) in [7, 11) is 0. The predicted molar refractivity (Wildman–Crippen MR) is 78.7 cm³/mol. The first-order chi connectivity index (χ1) is 9.70. The molecule has 1 saturated carbocycles. The van der Waals surface area contributed by atoms with Crippen molar-refractivity contribution in [2.75, 3.05) is 13.2 Å². The van der Waals surface area contributed by atoms with E-state index in [1.54, 1.807) is 11.3 Å². The quantitative estimate of drug-likeness (QED) is 0.857. The first kappa shape index (κ1) is 14.0. The Bertz CT molecular complexity index is 488. The summed E-state index contributed by atoms with van der Waals surface area (Å²) in [6.45, 7) is 5.57. The first-order valence-electron chi connectivity index (χ1n) is 7.54. The minimum Gasteiger partial charge on any atom is -0.378 e. The number of aromatic nitrogens is 1. The molecule has 1 aliphatic carbocycles. The fourth-order valence-corrected chi connectivity index (χ4v) is 3.96. The highest BCUT2D eigenvalue weighted by Crippen LogP contribution is 2.40. The van der Waals surface area contributed by atoms with Crippen molar-refractivity contribution in [2.45, 2.75) is 51.7 Å². The normalized spacial score (nSPS) is 29.5. The lowest BCUT2D eigenvalue weighted by atomic mass is 10.0. The lowest BCUT2D eigenvalue weighted by Crippen LogP contribution is -2.40. The third-order valence-electron chi connectivity index (χ3n) is 4.14. The van der Waals surface area contributed by atoms with Crippen molar-refractivity contribution in [3.05, 3.63) is 16.1 Å². The van der Waals surface area contributed by atoms with Crippen molar-refractivity contribution in [3.8, 4) is 0 Å². The van der Waals surface area contributed by atoms with Gasteiger partial charge in [0.1, 0.15) is 5.01 Å². The van der Waals surface area contributed by atoms with Crippen molar-refractivity contribution in [1.29, 1.82) is 0 Å². The van der Waals surface area contributed by atoms with Gasteiger partial charge in [0.15, 0.2) is 0 Å². The number of hydrogen-bond donors (Lipinski definition) is 0. The third kappa shape index (κ3) is 2.74. The summed E-state index contributed by atoms with van der Waals surface area (Å²) in [6.07, 6.45) is 4.40. The van der Waals surface area contributed by atoms with Gasteiger partial charge in [0.2, 0.25) is 5.91 Å². The number of piperidine rings is 1. The summed E-state index contributed by atoms with van der Waals surface area (Å²) in [5.74, 6) is 0.373. The van der Waals surface area contributed by atoms with Gasteiger partial charge in [-0.2, -0.15) is 0 Å². The van der Waals surface area contributed by atoms with Crippen LogP contribution in [0.1, 0.15) is 49.4 Å². The molecule has 1 aromatic heterocycles. The SMILES string of the molecule is CCO[C@@H]1C[C@H]1C(=O)N1CCCC[C@@H]1c1nc(C)cs1. The highest BCUT2D eigenvalue weighted by molar-refractivity contribution is 7.09. The molecule has 1 amide bonds. The number of nitrogens with zero attached hydrogens (tertiary/aromatic N) is 2. The summed E-state index contributed by atoms with van der Waals surface area (Å²) in [5, 5.41) is 3.18. The zero-order valence-electron chi connectivity index (χ0n) is 12.2. The Labute approximate surface area is 124 Å². The molecule has 1 aromatic rings. The molecule has 0 unspecified atom stereocenters. The molecule has 2 aliphatic rings. The molecule has 0 N–H and O–H groups in total. The van der Waals surface area contributed by atoms with Crippen molar-refractivity contribution in [1.82, 2.24) is 9.88 Å². The van der Waals surface area contributed by atoms with Crippen molar-refractivity contribution >= 4 is 17.2 Å². The van der Waals surface area contributed by atoms with Gasteiger partial charge in [-0.25, -0.2) is 4.98 Å². The zero-order valence-corrected chi connectivity index (χ0v) is 13.0. The molecular weight excluding hydrogens is 272 g/mol. The maximum Gasteiger partial charge on any atom is 0.229 e. The standard InChI is InChI=1S/C15H22N2O2S/c1-3-19-13-8-11(13)15(18)17-7-5-4-6-12(17)14-16-10(2)9-20-14/h9,11-13H,3-8H2,1-2H3/t11-,12-,13-/m1/s1. The van der Waals surface area contributed by atoms with Crippen LogP contribution in [0.3, 0.4) is 0 Å². The van der Waals surface area contributed by atoms with E-state index in [1.807, 2.05) is 13.8 Å². The molecule has 1 aliphatic heterocycles. The van der Waals surface area contributed by atoms with Gasteiger partial charge in [-0.05, 0) is 39.5 Å². The zero-order chi connectivity index (χ0) is 14.1. The van der Waals surface area contributed by atoms with E-state index in [0.717, 1.165) is 36.5 Å². The number of thiazole rings is 1. The van der Waals surface area contributed by atoms with Gasteiger partial charge >= 0.3 is 0 Å². The Morgan fingerprint density at radius 2 is 2.40 bits per heavy atom. The summed E-state index contributed by atoms with van der Waals surface area (Å²) in [6, 6.07) is 0.192. The number of aryl methyl sites for hydroxylation is 1. The number of likely N-dealkylation sites (tertiary alicyclic amines) is 1. The Hall–Kier alpha value is -0.940. The van der Waals surface area contributed by atoms with Gasteiger partial charge in [0.05, 0.1) is 18.1 Å². The lowest BCUT2D eigenvalue weighted by Gasteiger charge is -2.34. The molecule has 5 heteroatoms. The molecule has 0 bridgehead atoms. The van der Waals surface area contributed by atoms with Crippen LogP contribution >= 0.6 is 11.3 Å². The minimum atomic E-state index is 0.0941. The fraction of sp³-hybridized carbons (Fsp3) is 0.733. The van der Waals surface area contributed by atoms with Crippen molar-refractivity contribution in [2.24, 2.45) is 5.92 Å². The van der Waals surface area contributed by atoms with Crippen LogP contribution in [0.25, 0.3) is 0 Å². The van der Waals surface area contributed by atoms with E-state index in [4.69, 9.17) is 4.74 Å². The van der Waals surface area contributed by atoms with E-state index in [2.05, 4.69) is 15.3 Å². The molecule has 4 nitrogen and oxygen atoms in total. The number of amides is 1. The monoisotopic (exact) mass is 294 g/mol. The second-order valence-corrected chi connectivity index (χ2v) is 6.60. The molecule has 3 atom stereocenters. The van der Waals surface area contributed by atoms with Gasteiger partial charge in [-0.3, -0.25) is 4.79 Å². The van der Waals surface area contributed by atoms with Crippen molar-refractivity contribution in [3.63, 3.8) is 0 Å². The Balaban J connectivity index is 1.71. The summed E-state index contributed by atoms with van der Waals surface area (Å²) < 4.78 is 5.56. The third-order valence-corrected chi connectivity index (χ3v) is 5.20. The van der Waals surface area contributed by atoms with E-state index in [-0.39, 0.29) is 24.0 Å². The van der Waals surface area contributed by atoms with E-state index in [0.29, 0.717) is 6.61 Å². The van der Waals surface area contributed by atoms with E-state index < -0.39 is 0 Å².